The zero-order chi connectivity index (χ0) is 21.7. The van der Waals surface area contributed by atoms with Gasteiger partial charge in [-0.15, -0.1) is 11.3 Å². The van der Waals surface area contributed by atoms with Gasteiger partial charge >= 0.3 is 0 Å². The number of hydrogen-bond donors (Lipinski definition) is 2. The van der Waals surface area contributed by atoms with Crippen molar-refractivity contribution >= 4 is 40.2 Å². The second-order valence-electron chi connectivity index (χ2n) is 6.41. The molecular formula is C21H18N4O4S. The van der Waals surface area contributed by atoms with E-state index in [1.807, 2.05) is 11.4 Å². The highest BCUT2D eigenvalue weighted by molar-refractivity contribution is 7.12. The number of thiophene rings is 1. The number of nitrogens with zero attached hydrogens (tertiary/aromatic N) is 2. The number of carbonyl (C=O) groups excluding carboxylic acids is 2. The number of rotatable bonds is 6. The van der Waals surface area contributed by atoms with E-state index in [9.17, 15) is 19.7 Å². The average Bonchev–Trinajstić information content (AvgIpc) is 3.27. The first-order chi connectivity index (χ1) is 14.3. The first kappa shape index (κ1) is 20.9. The molecule has 0 spiro atoms. The minimum atomic E-state index is -0.494. The van der Waals surface area contributed by atoms with Gasteiger partial charge in [-0.05, 0) is 55.1 Å². The summed E-state index contributed by atoms with van der Waals surface area (Å²) >= 11 is 1.36. The van der Waals surface area contributed by atoms with Gasteiger partial charge in [0.15, 0.2) is 0 Å². The normalized spacial score (nSPS) is 11.1. The number of hydrogen-bond acceptors (Lipinski definition) is 6. The summed E-state index contributed by atoms with van der Waals surface area (Å²) in [5, 5.41) is 19.6. The van der Waals surface area contributed by atoms with E-state index in [4.69, 9.17) is 0 Å². The Morgan fingerprint density at radius 2 is 1.73 bits per heavy atom. The van der Waals surface area contributed by atoms with Crippen LogP contribution in [0.3, 0.4) is 0 Å². The number of anilines is 1. The molecule has 3 aromatic rings. The predicted octanol–water partition coefficient (Wildman–Crippen LogP) is 4.37. The van der Waals surface area contributed by atoms with Crippen LogP contribution in [0.15, 0.2) is 65.1 Å². The molecule has 0 saturated carbocycles. The van der Waals surface area contributed by atoms with E-state index < -0.39 is 10.8 Å². The number of aryl methyl sites for hydroxylation is 1. The fourth-order valence-corrected chi connectivity index (χ4v) is 3.28. The maximum absolute atomic E-state index is 12.3. The number of benzene rings is 2. The first-order valence-electron chi connectivity index (χ1n) is 8.90. The molecule has 0 aliphatic rings. The SMILES string of the molecule is C/C(=N\NC(=O)c1ccc([N+](=O)[O-])c(C)c1)c1ccc(NC(=O)c2cccs2)cc1. The van der Waals surface area contributed by atoms with Gasteiger partial charge in [-0.3, -0.25) is 19.7 Å². The maximum Gasteiger partial charge on any atom is 0.272 e. The van der Waals surface area contributed by atoms with Gasteiger partial charge in [0.2, 0.25) is 0 Å². The molecule has 2 N–H and O–H groups in total. The lowest BCUT2D eigenvalue weighted by Gasteiger charge is -2.06. The molecule has 0 bridgehead atoms. The Hall–Kier alpha value is -3.85. The van der Waals surface area contributed by atoms with E-state index in [0.29, 0.717) is 21.8 Å². The van der Waals surface area contributed by atoms with Crippen molar-refractivity contribution in [1.82, 2.24) is 5.43 Å². The molecule has 0 radical (unpaired) electrons. The molecule has 0 saturated heterocycles. The summed E-state index contributed by atoms with van der Waals surface area (Å²) in [6, 6.07) is 14.8. The second-order valence-corrected chi connectivity index (χ2v) is 7.35. The fourth-order valence-electron chi connectivity index (χ4n) is 2.66. The van der Waals surface area contributed by atoms with Gasteiger partial charge in [0.05, 0.1) is 15.5 Å². The zero-order valence-electron chi connectivity index (χ0n) is 16.2. The fraction of sp³-hybridized carbons (Fsp3) is 0.0952. The van der Waals surface area contributed by atoms with Crippen molar-refractivity contribution in [3.05, 3.63) is 91.7 Å². The third kappa shape index (κ3) is 4.95. The monoisotopic (exact) mass is 422 g/mol. The van der Waals surface area contributed by atoms with Gasteiger partial charge in [-0.25, -0.2) is 5.43 Å². The first-order valence-corrected chi connectivity index (χ1v) is 9.78. The van der Waals surface area contributed by atoms with Crippen LogP contribution in [0.1, 0.15) is 38.1 Å². The van der Waals surface area contributed by atoms with Crippen molar-refractivity contribution in [3.8, 4) is 0 Å². The van der Waals surface area contributed by atoms with Gasteiger partial charge in [-0.2, -0.15) is 5.10 Å². The summed E-state index contributed by atoms with van der Waals surface area (Å²) in [5.41, 5.74) is 5.07. The molecular weight excluding hydrogens is 404 g/mol. The Labute approximate surface area is 176 Å². The van der Waals surface area contributed by atoms with E-state index in [-0.39, 0.29) is 17.2 Å². The van der Waals surface area contributed by atoms with Gasteiger partial charge < -0.3 is 5.32 Å². The Bertz CT molecular complexity index is 1120. The van der Waals surface area contributed by atoms with Gasteiger partial charge in [0.25, 0.3) is 17.5 Å². The smallest absolute Gasteiger partial charge is 0.272 e. The molecule has 0 fully saturated rings. The summed E-state index contributed by atoms with van der Waals surface area (Å²) in [6.07, 6.45) is 0. The molecule has 1 heterocycles. The third-order valence-corrected chi connectivity index (χ3v) is 5.15. The zero-order valence-corrected chi connectivity index (χ0v) is 17.0. The van der Waals surface area contributed by atoms with E-state index >= 15 is 0 Å². The standard InChI is InChI=1S/C21H18N4O4S/c1-13-12-16(7-10-18(13)25(28)29)20(26)24-23-14(2)15-5-8-17(9-6-15)22-21(27)19-4-3-11-30-19/h3-12H,1-2H3,(H,22,27)(H,24,26)/b23-14+. The molecule has 8 nitrogen and oxygen atoms in total. The lowest BCUT2D eigenvalue weighted by atomic mass is 10.1. The van der Waals surface area contributed by atoms with E-state index in [1.165, 1.54) is 29.5 Å². The summed E-state index contributed by atoms with van der Waals surface area (Å²) < 4.78 is 0. The summed E-state index contributed by atoms with van der Waals surface area (Å²) in [6.45, 7) is 3.31. The molecule has 0 atom stereocenters. The van der Waals surface area contributed by atoms with Crippen molar-refractivity contribution in [2.75, 3.05) is 5.32 Å². The molecule has 2 amide bonds. The van der Waals surface area contributed by atoms with Crippen molar-refractivity contribution in [3.63, 3.8) is 0 Å². The average molecular weight is 422 g/mol. The Morgan fingerprint density at radius 1 is 1.03 bits per heavy atom. The van der Waals surface area contributed by atoms with Crippen LogP contribution < -0.4 is 10.7 Å². The second kappa shape index (κ2) is 9.10. The van der Waals surface area contributed by atoms with E-state index in [0.717, 1.165) is 5.56 Å². The number of carbonyl (C=O) groups is 2. The van der Waals surface area contributed by atoms with Crippen molar-refractivity contribution in [1.29, 1.82) is 0 Å². The van der Waals surface area contributed by atoms with Crippen molar-refractivity contribution < 1.29 is 14.5 Å². The van der Waals surface area contributed by atoms with Crippen LogP contribution in [-0.4, -0.2) is 22.4 Å². The van der Waals surface area contributed by atoms with Crippen LogP contribution in [-0.2, 0) is 0 Å². The summed E-state index contributed by atoms with van der Waals surface area (Å²) in [4.78, 5) is 35.4. The molecule has 2 aromatic carbocycles. The van der Waals surface area contributed by atoms with Crippen LogP contribution in [0.2, 0.25) is 0 Å². The number of nitrogens with one attached hydrogen (secondary N) is 2. The van der Waals surface area contributed by atoms with E-state index in [2.05, 4.69) is 15.8 Å². The molecule has 3 rings (SSSR count). The predicted molar refractivity (Wildman–Crippen MR) is 116 cm³/mol. The Morgan fingerprint density at radius 3 is 2.33 bits per heavy atom. The van der Waals surface area contributed by atoms with Crippen LogP contribution in [0.4, 0.5) is 11.4 Å². The lowest BCUT2D eigenvalue weighted by molar-refractivity contribution is -0.385. The molecule has 0 aliphatic heterocycles. The summed E-state index contributed by atoms with van der Waals surface area (Å²) in [7, 11) is 0. The van der Waals surface area contributed by atoms with Crippen LogP contribution in [0, 0.1) is 17.0 Å². The number of hydrazone groups is 1. The van der Waals surface area contributed by atoms with Gasteiger partial charge in [-0.1, -0.05) is 18.2 Å². The van der Waals surface area contributed by atoms with E-state index in [1.54, 1.807) is 44.2 Å². The largest absolute Gasteiger partial charge is 0.321 e. The maximum atomic E-state index is 12.3. The quantitative estimate of drug-likeness (QED) is 0.349. The number of nitro groups is 1. The van der Waals surface area contributed by atoms with Crippen LogP contribution >= 0.6 is 11.3 Å². The number of amides is 2. The molecule has 9 heteroatoms. The molecule has 30 heavy (non-hydrogen) atoms. The van der Waals surface area contributed by atoms with Crippen LogP contribution in [0.5, 0.6) is 0 Å². The number of nitro benzene ring substituents is 1. The van der Waals surface area contributed by atoms with Crippen molar-refractivity contribution in [2.45, 2.75) is 13.8 Å². The molecule has 0 aliphatic carbocycles. The Balaban J connectivity index is 1.64. The topological polar surface area (TPSA) is 114 Å². The van der Waals surface area contributed by atoms with Crippen molar-refractivity contribution in [2.24, 2.45) is 5.10 Å². The molecule has 0 unspecified atom stereocenters. The summed E-state index contributed by atoms with van der Waals surface area (Å²) in [5.74, 6) is -0.638. The lowest BCUT2D eigenvalue weighted by Crippen LogP contribution is -2.19. The van der Waals surface area contributed by atoms with Gasteiger partial charge in [0.1, 0.15) is 0 Å². The highest BCUT2D eigenvalue weighted by Crippen LogP contribution is 2.19. The Kier molecular flexibility index (Phi) is 6.33. The van der Waals surface area contributed by atoms with Gasteiger partial charge in [0, 0.05) is 22.9 Å². The minimum absolute atomic E-state index is 0.0440. The molecule has 1 aromatic heterocycles. The van der Waals surface area contributed by atoms with Crippen LogP contribution in [0.25, 0.3) is 0 Å². The highest BCUT2D eigenvalue weighted by Gasteiger charge is 2.13. The molecule has 152 valence electrons. The minimum Gasteiger partial charge on any atom is -0.321 e. The third-order valence-electron chi connectivity index (χ3n) is 4.29. The highest BCUT2D eigenvalue weighted by atomic mass is 32.1.